The molecule has 0 radical (unpaired) electrons. The van der Waals surface area contributed by atoms with Crippen LogP contribution in [0.2, 0.25) is 0 Å². The number of methoxy groups -OCH3 is 2. The predicted molar refractivity (Wildman–Crippen MR) is 77.7 cm³/mol. The van der Waals surface area contributed by atoms with Crippen LogP contribution >= 0.6 is 0 Å². The molecule has 6 nitrogen and oxygen atoms in total. The maximum atomic E-state index is 5.28. The molecule has 1 aromatic carbocycles. The summed E-state index contributed by atoms with van der Waals surface area (Å²) in [5.74, 6) is 2.13. The van der Waals surface area contributed by atoms with Crippen LogP contribution in [-0.2, 0) is 0 Å². The van der Waals surface area contributed by atoms with Gasteiger partial charge in [0.1, 0.15) is 11.5 Å². The highest BCUT2D eigenvalue weighted by atomic mass is 16.5. The molecule has 0 fully saturated rings. The second kappa shape index (κ2) is 5.62. The number of hydrogen-bond acceptors (Lipinski definition) is 5. The van der Waals surface area contributed by atoms with Crippen LogP contribution < -0.4 is 9.47 Å². The Morgan fingerprint density at radius 3 is 2.29 bits per heavy atom. The van der Waals surface area contributed by atoms with Gasteiger partial charge in [-0.2, -0.15) is 5.10 Å². The molecule has 0 aliphatic carbocycles. The molecule has 0 aliphatic rings. The zero-order valence-electron chi connectivity index (χ0n) is 11.7. The van der Waals surface area contributed by atoms with Crippen molar-refractivity contribution in [2.45, 2.75) is 0 Å². The number of ether oxygens (including phenoxy) is 2. The Hall–Kier alpha value is -2.89. The molecule has 0 spiro atoms. The third-order valence-corrected chi connectivity index (χ3v) is 3.05. The number of benzene rings is 1. The highest BCUT2D eigenvalue weighted by Crippen LogP contribution is 2.29. The predicted octanol–water partition coefficient (Wildman–Crippen LogP) is 2.35. The summed E-state index contributed by atoms with van der Waals surface area (Å²) in [7, 11) is 3.25. The lowest BCUT2D eigenvalue weighted by molar-refractivity contribution is 0.394. The summed E-state index contributed by atoms with van der Waals surface area (Å²) >= 11 is 0. The van der Waals surface area contributed by atoms with Crippen LogP contribution in [0.4, 0.5) is 0 Å². The molecule has 0 saturated carbocycles. The molecule has 0 aliphatic heterocycles. The lowest BCUT2D eigenvalue weighted by Crippen LogP contribution is -1.97. The van der Waals surface area contributed by atoms with Crippen molar-refractivity contribution < 1.29 is 9.47 Å². The summed E-state index contributed by atoms with van der Waals surface area (Å²) in [5.41, 5.74) is 1.90. The molecule has 6 heteroatoms. The number of aromatic nitrogens is 4. The van der Waals surface area contributed by atoms with E-state index in [4.69, 9.17) is 9.47 Å². The maximum Gasteiger partial charge on any atom is 0.171 e. The van der Waals surface area contributed by atoms with E-state index in [2.05, 4.69) is 15.1 Å². The largest absolute Gasteiger partial charge is 0.497 e. The fraction of sp³-hybridized carbons (Fsp3) is 0.133. The van der Waals surface area contributed by atoms with E-state index >= 15 is 0 Å². The second-order valence-electron chi connectivity index (χ2n) is 4.34. The van der Waals surface area contributed by atoms with E-state index in [-0.39, 0.29) is 0 Å². The quantitative estimate of drug-likeness (QED) is 0.735. The first-order valence-electron chi connectivity index (χ1n) is 6.34. The Bertz CT molecular complexity index is 718. The monoisotopic (exact) mass is 282 g/mol. The smallest absolute Gasteiger partial charge is 0.171 e. The van der Waals surface area contributed by atoms with Crippen LogP contribution in [0.15, 0.2) is 49.2 Å². The van der Waals surface area contributed by atoms with Crippen molar-refractivity contribution in [1.29, 1.82) is 0 Å². The third-order valence-electron chi connectivity index (χ3n) is 3.05. The maximum absolute atomic E-state index is 5.28. The molecular formula is C15H14N4O2. The lowest BCUT2D eigenvalue weighted by Gasteiger charge is -2.07. The van der Waals surface area contributed by atoms with Gasteiger partial charge >= 0.3 is 0 Å². The lowest BCUT2D eigenvalue weighted by atomic mass is 10.1. The summed E-state index contributed by atoms with van der Waals surface area (Å²) < 4.78 is 12.2. The average molecular weight is 282 g/mol. The molecule has 3 rings (SSSR count). The van der Waals surface area contributed by atoms with E-state index in [0.29, 0.717) is 5.82 Å². The van der Waals surface area contributed by atoms with Crippen molar-refractivity contribution >= 4 is 0 Å². The van der Waals surface area contributed by atoms with Crippen molar-refractivity contribution in [3.05, 3.63) is 49.2 Å². The van der Waals surface area contributed by atoms with Gasteiger partial charge in [0.2, 0.25) is 0 Å². The van der Waals surface area contributed by atoms with Gasteiger partial charge in [-0.3, -0.25) is 4.98 Å². The van der Waals surface area contributed by atoms with E-state index in [9.17, 15) is 0 Å². The minimum Gasteiger partial charge on any atom is -0.497 e. The van der Waals surface area contributed by atoms with Crippen molar-refractivity contribution in [2.24, 2.45) is 0 Å². The summed E-state index contributed by atoms with van der Waals surface area (Å²) in [6, 6.07) is 5.69. The summed E-state index contributed by atoms with van der Waals surface area (Å²) in [6.45, 7) is 0. The van der Waals surface area contributed by atoms with Gasteiger partial charge in [-0.25, -0.2) is 9.67 Å². The highest BCUT2D eigenvalue weighted by Gasteiger charge is 2.08. The normalized spacial score (nSPS) is 10.4. The third kappa shape index (κ3) is 2.69. The Morgan fingerprint density at radius 1 is 0.905 bits per heavy atom. The molecular weight excluding hydrogens is 268 g/mol. The summed E-state index contributed by atoms with van der Waals surface area (Å²) in [6.07, 6.45) is 8.57. The molecule has 2 aromatic heterocycles. The van der Waals surface area contributed by atoms with E-state index in [1.165, 1.54) is 0 Å². The van der Waals surface area contributed by atoms with Crippen molar-refractivity contribution in [2.75, 3.05) is 14.2 Å². The average Bonchev–Trinajstić information content (AvgIpc) is 3.05. The number of hydrogen-bond donors (Lipinski definition) is 0. The Labute approximate surface area is 122 Å². The van der Waals surface area contributed by atoms with Crippen LogP contribution in [0, 0.1) is 0 Å². The molecule has 2 heterocycles. The van der Waals surface area contributed by atoms with Gasteiger partial charge in [-0.05, 0) is 17.7 Å². The zero-order chi connectivity index (χ0) is 14.7. The minimum atomic E-state index is 0.665. The van der Waals surface area contributed by atoms with Crippen molar-refractivity contribution in [3.8, 4) is 28.4 Å². The van der Waals surface area contributed by atoms with Crippen molar-refractivity contribution in [3.63, 3.8) is 0 Å². The van der Waals surface area contributed by atoms with Crippen LogP contribution in [0.5, 0.6) is 11.5 Å². The van der Waals surface area contributed by atoms with Gasteiger partial charge in [0.05, 0.1) is 26.6 Å². The Kier molecular flexibility index (Phi) is 3.51. The van der Waals surface area contributed by atoms with Gasteiger partial charge in [-0.15, -0.1) is 0 Å². The molecule has 0 saturated heterocycles. The first kappa shape index (κ1) is 13.1. The van der Waals surface area contributed by atoms with Gasteiger partial charge in [-0.1, -0.05) is 0 Å². The first-order valence-corrected chi connectivity index (χ1v) is 6.34. The van der Waals surface area contributed by atoms with E-state index in [1.807, 2.05) is 24.4 Å². The van der Waals surface area contributed by atoms with Gasteiger partial charge in [0, 0.05) is 30.2 Å². The topological polar surface area (TPSA) is 62.1 Å². The summed E-state index contributed by atoms with van der Waals surface area (Å²) in [4.78, 5) is 8.25. The molecule has 0 unspecified atom stereocenters. The van der Waals surface area contributed by atoms with Gasteiger partial charge in [0.15, 0.2) is 5.82 Å². The highest BCUT2D eigenvalue weighted by molar-refractivity contribution is 5.66. The SMILES string of the molecule is COc1cc(OC)cc(-c2cnn(-c3cnccn3)c2)c1. The van der Waals surface area contributed by atoms with Gasteiger partial charge < -0.3 is 9.47 Å². The fourth-order valence-electron chi connectivity index (χ4n) is 1.98. The number of rotatable bonds is 4. The van der Waals surface area contributed by atoms with Gasteiger partial charge in [0.25, 0.3) is 0 Å². The minimum absolute atomic E-state index is 0.665. The molecule has 0 N–H and O–H groups in total. The van der Waals surface area contributed by atoms with Crippen LogP contribution in [0.3, 0.4) is 0 Å². The summed E-state index contributed by atoms with van der Waals surface area (Å²) in [5, 5.41) is 4.31. The molecule has 0 amide bonds. The van der Waals surface area contributed by atoms with E-state index in [0.717, 1.165) is 22.6 Å². The van der Waals surface area contributed by atoms with Crippen molar-refractivity contribution in [1.82, 2.24) is 19.7 Å². The molecule has 21 heavy (non-hydrogen) atoms. The fourth-order valence-corrected chi connectivity index (χ4v) is 1.98. The standard InChI is InChI=1S/C15H14N4O2/c1-20-13-5-11(6-14(7-13)21-2)12-8-18-19(10-12)15-9-16-3-4-17-15/h3-10H,1-2H3. The molecule has 106 valence electrons. The zero-order valence-corrected chi connectivity index (χ0v) is 11.7. The first-order chi connectivity index (χ1) is 10.3. The second-order valence-corrected chi connectivity index (χ2v) is 4.34. The van der Waals surface area contributed by atoms with E-state index in [1.54, 1.807) is 43.7 Å². The van der Waals surface area contributed by atoms with Crippen LogP contribution in [0.25, 0.3) is 16.9 Å². The van der Waals surface area contributed by atoms with Crippen LogP contribution in [0.1, 0.15) is 0 Å². The molecule has 0 bridgehead atoms. The van der Waals surface area contributed by atoms with E-state index < -0.39 is 0 Å². The number of nitrogens with zero attached hydrogens (tertiary/aromatic N) is 4. The Morgan fingerprint density at radius 2 is 1.67 bits per heavy atom. The Balaban J connectivity index is 2.00. The molecule has 3 aromatic rings. The molecule has 0 atom stereocenters. The van der Waals surface area contributed by atoms with Crippen LogP contribution in [-0.4, -0.2) is 34.0 Å².